The number of ketones is 1. The lowest BCUT2D eigenvalue weighted by molar-refractivity contribution is -0.114. The van der Waals surface area contributed by atoms with E-state index in [1.165, 1.54) is 0 Å². The summed E-state index contributed by atoms with van der Waals surface area (Å²) in [5.41, 5.74) is 2.68. The van der Waals surface area contributed by atoms with Crippen LogP contribution in [0.15, 0.2) is 51.1 Å². The first-order valence-corrected chi connectivity index (χ1v) is 9.89. The van der Waals surface area contributed by atoms with Crippen molar-refractivity contribution in [3.8, 4) is 0 Å². The van der Waals surface area contributed by atoms with Crippen LogP contribution in [0.5, 0.6) is 0 Å². The van der Waals surface area contributed by atoms with Crippen molar-refractivity contribution in [1.29, 1.82) is 0 Å². The van der Waals surface area contributed by atoms with Crippen molar-refractivity contribution in [2.45, 2.75) is 48.5 Å². The molecule has 0 aromatic heterocycles. The molecule has 1 aliphatic rings. The van der Waals surface area contributed by atoms with Crippen LogP contribution < -0.4 is 5.32 Å². The number of nitrogens with one attached hydrogen (secondary N) is 1. The first-order valence-electron chi connectivity index (χ1n) is 9.10. The summed E-state index contributed by atoms with van der Waals surface area (Å²) in [5.74, 6) is 0.00647. The Morgan fingerprint density at radius 3 is 2.04 bits per heavy atom. The Morgan fingerprint density at radius 2 is 1.57 bits per heavy atom. The average molecular weight is 447 g/mol. The molecule has 6 heteroatoms. The number of nitrogens with zero attached hydrogens (tertiary/aromatic N) is 1. The van der Waals surface area contributed by atoms with E-state index in [0.29, 0.717) is 22.5 Å². The van der Waals surface area contributed by atoms with Crippen LogP contribution in [-0.2, 0) is 9.63 Å². The van der Waals surface area contributed by atoms with E-state index in [9.17, 15) is 9.59 Å². The van der Waals surface area contributed by atoms with Gasteiger partial charge < -0.3 is 0 Å². The summed E-state index contributed by atoms with van der Waals surface area (Å²) in [6.07, 6.45) is 2.67. The van der Waals surface area contributed by atoms with Gasteiger partial charge in [-0.25, -0.2) is 4.79 Å². The zero-order valence-electron chi connectivity index (χ0n) is 17.4. The van der Waals surface area contributed by atoms with Crippen molar-refractivity contribution in [2.24, 2.45) is 16.0 Å². The number of carbonyl (C=O) groups excluding carboxylic acids is 2. The van der Waals surface area contributed by atoms with E-state index in [4.69, 9.17) is 4.84 Å². The molecule has 0 radical (unpaired) electrons. The van der Waals surface area contributed by atoms with Gasteiger partial charge in [0, 0.05) is 15.6 Å². The zero-order valence-corrected chi connectivity index (χ0v) is 19.0. The molecule has 2 rings (SSSR count). The van der Waals surface area contributed by atoms with Crippen molar-refractivity contribution in [3.05, 3.63) is 51.5 Å². The number of allylic oxidation sites excluding steroid dienone is 4. The summed E-state index contributed by atoms with van der Waals surface area (Å²) in [6.45, 7) is 13.8. The predicted octanol–water partition coefficient (Wildman–Crippen LogP) is 6.19. The number of halogens is 1. The fourth-order valence-electron chi connectivity index (χ4n) is 2.73. The molecule has 0 spiro atoms. The fraction of sp³-hybridized carbons (Fsp3) is 0.409. The van der Waals surface area contributed by atoms with Crippen LogP contribution in [0.25, 0.3) is 0 Å². The number of anilines is 1. The van der Waals surface area contributed by atoms with Crippen LogP contribution in [0, 0.1) is 17.8 Å². The van der Waals surface area contributed by atoms with Crippen LogP contribution in [0.1, 0.15) is 47.1 Å². The number of benzene rings is 1. The van der Waals surface area contributed by atoms with Crippen LogP contribution >= 0.6 is 15.9 Å². The number of Topliss-reactive ketones (excluding diaryl/α,β-unsaturated/α-hetero) is 1. The topological polar surface area (TPSA) is 67.8 Å². The molecular formula is C22H27BrN2O3. The van der Waals surface area contributed by atoms with Gasteiger partial charge in [-0.2, -0.15) is 0 Å². The van der Waals surface area contributed by atoms with Gasteiger partial charge in [0.2, 0.25) is 0 Å². The molecule has 0 atom stereocenters. The molecule has 0 fully saturated rings. The minimum Gasteiger partial charge on any atom is -0.297 e. The quantitative estimate of drug-likeness (QED) is 0.334. The third-order valence-electron chi connectivity index (χ3n) is 4.29. The van der Waals surface area contributed by atoms with Gasteiger partial charge in [0.15, 0.2) is 5.78 Å². The van der Waals surface area contributed by atoms with Crippen molar-refractivity contribution < 1.29 is 14.4 Å². The van der Waals surface area contributed by atoms with Gasteiger partial charge in [0.1, 0.15) is 5.71 Å². The smallest absolute Gasteiger partial charge is 0.297 e. The van der Waals surface area contributed by atoms with E-state index in [-0.39, 0.29) is 16.6 Å². The lowest BCUT2D eigenvalue weighted by atomic mass is 9.72. The van der Waals surface area contributed by atoms with Crippen LogP contribution in [0.2, 0.25) is 0 Å². The van der Waals surface area contributed by atoms with E-state index in [1.54, 1.807) is 18.2 Å². The van der Waals surface area contributed by atoms with Crippen LogP contribution in [0.3, 0.4) is 0 Å². The number of hydrogen-bond acceptors (Lipinski definition) is 4. The highest BCUT2D eigenvalue weighted by atomic mass is 79.9. The molecule has 150 valence electrons. The van der Waals surface area contributed by atoms with Crippen molar-refractivity contribution in [1.82, 2.24) is 0 Å². The van der Waals surface area contributed by atoms with Gasteiger partial charge in [0.05, 0.1) is 5.69 Å². The summed E-state index contributed by atoms with van der Waals surface area (Å²) in [4.78, 5) is 30.1. The molecule has 1 aromatic rings. The molecule has 0 heterocycles. The summed E-state index contributed by atoms with van der Waals surface area (Å²) >= 11 is 3.41. The normalized spacial score (nSPS) is 15.0. The molecule has 0 unspecified atom stereocenters. The van der Waals surface area contributed by atoms with Crippen LogP contribution in [-0.4, -0.2) is 17.6 Å². The molecular weight excluding hydrogens is 420 g/mol. The van der Waals surface area contributed by atoms with Crippen molar-refractivity contribution in [2.75, 3.05) is 5.32 Å². The molecule has 0 saturated heterocycles. The molecule has 1 aromatic carbocycles. The Kier molecular flexibility index (Phi) is 6.34. The molecule has 0 aliphatic heterocycles. The van der Waals surface area contributed by atoms with Gasteiger partial charge in [-0.15, -0.1) is 0 Å². The standard InChI is InChI=1S/C22H27BrN2O3/c1-13-8-9-18(17(23)10-13)24-20(27)28-25-14-11-15(21(2,3)4)19(26)16(12-14)22(5,6)7/h8-12H,1-7H3,(H,24,27). The summed E-state index contributed by atoms with van der Waals surface area (Å²) in [5, 5.41) is 6.62. The highest BCUT2D eigenvalue weighted by Gasteiger charge is 2.34. The first kappa shape index (κ1) is 22.1. The minimum atomic E-state index is -0.703. The molecule has 28 heavy (non-hydrogen) atoms. The number of rotatable bonds is 2. The van der Waals surface area contributed by atoms with Gasteiger partial charge in [-0.3, -0.25) is 14.9 Å². The lowest BCUT2D eigenvalue weighted by Gasteiger charge is -2.30. The monoisotopic (exact) mass is 446 g/mol. The highest BCUT2D eigenvalue weighted by Crippen LogP contribution is 2.37. The molecule has 1 amide bonds. The van der Waals surface area contributed by atoms with Gasteiger partial charge in [0.25, 0.3) is 0 Å². The third-order valence-corrected chi connectivity index (χ3v) is 4.94. The number of aryl methyl sites for hydroxylation is 1. The van der Waals surface area contributed by atoms with E-state index in [0.717, 1.165) is 10.0 Å². The molecule has 0 saturated carbocycles. The number of hydrogen-bond donors (Lipinski definition) is 1. The Bertz CT molecular complexity index is 861. The first-order chi connectivity index (χ1) is 12.8. The van der Waals surface area contributed by atoms with Gasteiger partial charge in [-0.05, 0) is 63.5 Å². The lowest BCUT2D eigenvalue weighted by Crippen LogP contribution is -2.29. The Hall–Kier alpha value is -2.21. The fourth-order valence-corrected chi connectivity index (χ4v) is 3.32. The zero-order chi connectivity index (χ0) is 21.3. The maximum atomic E-state index is 12.9. The van der Waals surface area contributed by atoms with Gasteiger partial charge >= 0.3 is 6.09 Å². The third kappa shape index (κ3) is 5.41. The Morgan fingerprint density at radius 1 is 1.04 bits per heavy atom. The second kappa shape index (κ2) is 8.03. The Balaban J connectivity index is 2.26. The largest absolute Gasteiger partial charge is 0.437 e. The van der Waals surface area contributed by atoms with Crippen LogP contribution in [0.4, 0.5) is 10.5 Å². The summed E-state index contributed by atoms with van der Waals surface area (Å²) in [6, 6.07) is 5.56. The predicted molar refractivity (Wildman–Crippen MR) is 117 cm³/mol. The van der Waals surface area contributed by atoms with E-state index >= 15 is 0 Å². The summed E-state index contributed by atoms with van der Waals surface area (Å²) < 4.78 is 0.755. The van der Waals surface area contributed by atoms with E-state index in [2.05, 4.69) is 26.4 Å². The second-order valence-electron chi connectivity index (χ2n) is 8.95. The van der Waals surface area contributed by atoms with E-state index in [1.807, 2.05) is 60.6 Å². The molecule has 1 aliphatic carbocycles. The number of carbonyl (C=O) groups is 2. The molecule has 0 bridgehead atoms. The maximum Gasteiger partial charge on any atom is 0.437 e. The maximum absolute atomic E-state index is 12.9. The van der Waals surface area contributed by atoms with Crippen molar-refractivity contribution in [3.63, 3.8) is 0 Å². The minimum absolute atomic E-state index is 0.00647. The highest BCUT2D eigenvalue weighted by molar-refractivity contribution is 9.10. The van der Waals surface area contributed by atoms with Gasteiger partial charge in [-0.1, -0.05) is 52.8 Å². The number of amides is 1. The van der Waals surface area contributed by atoms with E-state index < -0.39 is 6.09 Å². The SMILES string of the molecule is Cc1ccc(NC(=O)ON=C2C=C(C(C)(C)C)C(=O)C(C(C)(C)C)=C2)c(Br)c1. The summed E-state index contributed by atoms with van der Waals surface area (Å²) in [7, 11) is 0. The molecule has 5 nitrogen and oxygen atoms in total. The average Bonchev–Trinajstić information content (AvgIpc) is 2.54. The number of oxime groups is 1. The second-order valence-corrected chi connectivity index (χ2v) is 9.80. The molecule has 1 N–H and O–H groups in total. The Labute approximate surface area is 175 Å². The van der Waals surface area contributed by atoms with Crippen molar-refractivity contribution >= 4 is 39.2 Å².